The summed E-state index contributed by atoms with van der Waals surface area (Å²) in [7, 11) is 0. The number of nitrogens with zero attached hydrogens (tertiary/aromatic N) is 1. The molecule has 2 N–H and O–H groups in total. The van der Waals surface area contributed by atoms with Crippen LogP contribution in [0.5, 0.6) is 0 Å². The molecule has 0 spiro atoms. The fraction of sp³-hybridized carbons (Fsp3) is 0.357. The first-order valence-electron chi connectivity index (χ1n) is 6.47. The van der Waals surface area contributed by atoms with Crippen LogP contribution in [0.25, 0.3) is 0 Å². The molecule has 1 aromatic rings. The van der Waals surface area contributed by atoms with Crippen LogP contribution in [0.1, 0.15) is 11.1 Å². The van der Waals surface area contributed by atoms with Crippen LogP contribution in [-0.4, -0.2) is 42.4 Å². The number of benzene rings is 1. The molecular formula is C14H17N3O3. The number of rotatable bonds is 5. The number of hydrogen-bond acceptors (Lipinski definition) is 3. The van der Waals surface area contributed by atoms with Crippen LogP contribution in [0.3, 0.4) is 0 Å². The SMILES string of the molecule is Cc1ccccc1CC(=O)NCCN1C(=O)CNC1=O. The number of nitrogens with one attached hydrogen (secondary N) is 2. The molecule has 20 heavy (non-hydrogen) atoms. The molecule has 0 unspecified atom stereocenters. The molecule has 1 aromatic carbocycles. The number of hydrogen-bond donors (Lipinski definition) is 2. The van der Waals surface area contributed by atoms with E-state index in [0.717, 1.165) is 16.0 Å². The lowest BCUT2D eigenvalue weighted by atomic mass is 10.1. The molecule has 0 bridgehead atoms. The summed E-state index contributed by atoms with van der Waals surface area (Å²) in [6.45, 7) is 2.46. The first-order valence-corrected chi connectivity index (χ1v) is 6.47. The third-order valence-corrected chi connectivity index (χ3v) is 3.21. The van der Waals surface area contributed by atoms with E-state index in [1.165, 1.54) is 0 Å². The molecule has 0 radical (unpaired) electrons. The van der Waals surface area contributed by atoms with Gasteiger partial charge < -0.3 is 10.6 Å². The van der Waals surface area contributed by atoms with Crippen LogP contribution in [0.2, 0.25) is 0 Å². The minimum absolute atomic E-state index is 0.0377. The highest BCUT2D eigenvalue weighted by atomic mass is 16.2. The van der Waals surface area contributed by atoms with Crippen molar-refractivity contribution in [2.75, 3.05) is 19.6 Å². The summed E-state index contributed by atoms with van der Waals surface area (Å²) in [5.74, 6) is -0.380. The summed E-state index contributed by atoms with van der Waals surface area (Å²) >= 11 is 0. The molecular weight excluding hydrogens is 258 g/mol. The van der Waals surface area contributed by atoms with Crippen LogP contribution in [0.15, 0.2) is 24.3 Å². The quantitative estimate of drug-likeness (QED) is 0.754. The fourth-order valence-electron chi connectivity index (χ4n) is 2.03. The lowest BCUT2D eigenvalue weighted by Crippen LogP contribution is -2.39. The Morgan fingerprint density at radius 3 is 2.75 bits per heavy atom. The molecule has 1 aliphatic heterocycles. The molecule has 106 valence electrons. The largest absolute Gasteiger partial charge is 0.354 e. The fourth-order valence-corrected chi connectivity index (χ4v) is 2.03. The second kappa shape index (κ2) is 6.18. The molecule has 0 saturated carbocycles. The number of amides is 4. The van der Waals surface area contributed by atoms with Crippen molar-refractivity contribution in [2.24, 2.45) is 0 Å². The highest BCUT2D eigenvalue weighted by Gasteiger charge is 2.27. The van der Waals surface area contributed by atoms with Crippen LogP contribution >= 0.6 is 0 Å². The van der Waals surface area contributed by atoms with E-state index in [4.69, 9.17) is 0 Å². The normalized spacial score (nSPS) is 14.3. The van der Waals surface area contributed by atoms with E-state index in [9.17, 15) is 14.4 Å². The first-order chi connectivity index (χ1) is 9.58. The average Bonchev–Trinajstić information content (AvgIpc) is 2.73. The maximum Gasteiger partial charge on any atom is 0.324 e. The van der Waals surface area contributed by atoms with Gasteiger partial charge in [-0.2, -0.15) is 0 Å². The molecule has 6 nitrogen and oxygen atoms in total. The molecule has 1 saturated heterocycles. The molecule has 0 aromatic heterocycles. The van der Waals surface area contributed by atoms with E-state index in [2.05, 4.69) is 10.6 Å². The number of imide groups is 1. The van der Waals surface area contributed by atoms with Crippen molar-refractivity contribution in [3.8, 4) is 0 Å². The third kappa shape index (κ3) is 3.34. The van der Waals surface area contributed by atoms with Crippen molar-refractivity contribution >= 4 is 17.8 Å². The summed E-state index contributed by atoms with van der Waals surface area (Å²) in [4.78, 5) is 35.5. The van der Waals surface area contributed by atoms with Crippen molar-refractivity contribution < 1.29 is 14.4 Å². The monoisotopic (exact) mass is 275 g/mol. The van der Waals surface area contributed by atoms with Crippen molar-refractivity contribution in [1.82, 2.24) is 15.5 Å². The summed E-state index contributed by atoms with van der Waals surface area (Å²) in [6.07, 6.45) is 0.298. The van der Waals surface area contributed by atoms with E-state index in [0.29, 0.717) is 6.42 Å². The maximum absolute atomic E-state index is 11.8. The molecule has 0 atom stereocenters. The van der Waals surface area contributed by atoms with Crippen LogP contribution in [0.4, 0.5) is 4.79 Å². The number of carbonyl (C=O) groups is 3. The zero-order valence-electron chi connectivity index (χ0n) is 11.3. The predicted octanol–water partition coefficient (Wildman–Crippen LogP) is 0.206. The van der Waals surface area contributed by atoms with Crippen LogP contribution < -0.4 is 10.6 Å². The molecule has 1 fully saturated rings. The molecule has 0 aliphatic carbocycles. The van der Waals surface area contributed by atoms with E-state index >= 15 is 0 Å². The smallest absolute Gasteiger partial charge is 0.324 e. The topological polar surface area (TPSA) is 78.5 Å². The van der Waals surface area contributed by atoms with Gasteiger partial charge in [0, 0.05) is 13.1 Å². The van der Waals surface area contributed by atoms with Gasteiger partial charge in [0.25, 0.3) is 0 Å². The minimum atomic E-state index is -0.400. The zero-order chi connectivity index (χ0) is 14.5. The Morgan fingerprint density at radius 1 is 1.35 bits per heavy atom. The minimum Gasteiger partial charge on any atom is -0.354 e. The average molecular weight is 275 g/mol. The molecule has 4 amide bonds. The molecule has 6 heteroatoms. The lowest BCUT2D eigenvalue weighted by Gasteiger charge is -2.13. The summed E-state index contributed by atoms with van der Waals surface area (Å²) in [6, 6.07) is 7.28. The second-order valence-electron chi connectivity index (χ2n) is 4.66. The second-order valence-corrected chi connectivity index (χ2v) is 4.66. The van der Waals surface area contributed by atoms with E-state index in [1.807, 2.05) is 31.2 Å². The van der Waals surface area contributed by atoms with Crippen molar-refractivity contribution in [3.63, 3.8) is 0 Å². The van der Waals surface area contributed by atoms with Gasteiger partial charge in [0.2, 0.25) is 11.8 Å². The Hall–Kier alpha value is -2.37. The van der Waals surface area contributed by atoms with E-state index in [1.54, 1.807) is 0 Å². The van der Waals surface area contributed by atoms with E-state index in [-0.39, 0.29) is 31.4 Å². The van der Waals surface area contributed by atoms with Gasteiger partial charge in [-0.3, -0.25) is 14.5 Å². The standard InChI is InChI=1S/C14H17N3O3/c1-10-4-2-3-5-11(10)8-12(18)15-6-7-17-13(19)9-16-14(17)20/h2-5H,6-9H2,1H3,(H,15,18)(H,16,20). The van der Waals surface area contributed by atoms with Gasteiger partial charge in [0.1, 0.15) is 0 Å². The van der Waals surface area contributed by atoms with Crippen molar-refractivity contribution in [2.45, 2.75) is 13.3 Å². The lowest BCUT2D eigenvalue weighted by molar-refractivity contribution is -0.125. The highest BCUT2D eigenvalue weighted by Crippen LogP contribution is 2.07. The van der Waals surface area contributed by atoms with Crippen molar-refractivity contribution in [3.05, 3.63) is 35.4 Å². The number of aryl methyl sites for hydroxylation is 1. The summed E-state index contributed by atoms with van der Waals surface area (Å²) < 4.78 is 0. The first kappa shape index (κ1) is 14.0. The van der Waals surface area contributed by atoms with E-state index < -0.39 is 6.03 Å². The van der Waals surface area contributed by atoms with Gasteiger partial charge >= 0.3 is 6.03 Å². The predicted molar refractivity (Wildman–Crippen MR) is 73.0 cm³/mol. The van der Waals surface area contributed by atoms with Gasteiger partial charge in [0.15, 0.2) is 0 Å². The van der Waals surface area contributed by atoms with Gasteiger partial charge in [-0.1, -0.05) is 24.3 Å². The Labute approximate surface area is 117 Å². The Bertz CT molecular complexity index is 526. The third-order valence-electron chi connectivity index (χ3n) is 3.21. The highest BCUT2D eigenvalue weighted by molar-refractivity contribution is 6.01. The molecule has 1 aliphatic rings. The van der Waals surface area contributed by atoms with Crippen molar-refractivity contribution in [1.29, 1.82) is 0 Å². The summed E-state index contributed by atoms with van der Waals surface area (Å²) in [5, 5.41) is 5.14. The summed E-state index contributed by atoms with van der Waals surface area (Å²) in [5.41, 5.74) is 2.04. The van der Waals surface area contributed by atoms with Gasteiger partial charge in [0.05, 0.1) is 13.0 Å². The zero-order valence-corrected chi connectivity index (χ0v) is 11.3. The molecule has 1 heterocycles. The van der Waals surface area contributed by atoms with Gasteiger partial charge in [-0.15, -0.1) is 0 Å². The van der Waals surface area contributed by atoms with Crippen LogP contribution in [0, 0.1) is 6.92 Å². The Kier molecular flexibility index (Phi) is 4.34. The number of urea groups is 1. The van der Waals surface area contributed by atoms with Crippen LogP contribution in [-0.2, 0) is 16.0 Å². The number of carbonyl (C=O) groups excluding carboxylic acids is 3. The molecule has 2 rings (SSSR count). The maximum atomic E-state index is 11.8. The van der Waals surface area contributed by atoms with Gasteiger partial charge in [-0.25, -0.2) is 4.79 Å². The Balaban J connectivity index is 1.77. The van der Waals surface area contributed by atoms with Gasteiger partial charge in [-0.05, 0) is 18.1 Å². The Morgan fingerprint density at radius 2 is 2.10 bits per heavy atom.